The van der Waals surface area contributed by atoms with E-state index in [2.05, 4.69) is 12.2 Å². The molecule has 0 heterocycles. The van der Waals surface area contributed by atoms with Crippen molar-refractivity contribution in [1.82, 2.24) is 5.32 Å². The zero-order valence-electron chi connectivity index (χ0n) is 9.16. The van der Waals surface area contributed by atoms with Gasteiger partial charge in [-0.3, -0.25) is 9.59 Å². The average molecular weight is 213 g/mol. The molecule has 1 rings (SSSR count). The van der Waals surface area contributed by atoms with E-state index < -0.39 is 11.9 Å². The largest absolute Gasteiger partial charge is 0.481 e. The van der Waals surface area contributed by atoms with E-state index in [0.29, 0.717) is 13.0 Å². The second kappa shape index (κ2) is 5.73. The first-order chi connectivity index (χ1) is 7.16. The number of unbranched alkanes of at least 4 members (excludes halogenated alkanes) is 3. The summed E-state index contributed by atoms with van der Waals surface area (Å²) in [7, 11) is 0. The lowest BCUT2D eigenvalue weighted by Crippen LogP contribution is -2.27. The van der Waals surface area contributed by atoms with Gasteiger partial charge in [0.2, 0.25) is 5.91 Å². The molecule has 1 fully saturated rings. The summed E-state index contributed by atoms with van der Waals surface area (Å²) in [5.41, 5.74) is 0. The van der Waals surface area contributed by atoms with Gasteiger partial charge in [0.25, 0.3) is 0 Å². The summed E-state index contributed by atoms with van der Waals surface area (Å²) in [5.74, 6) is -1.63. The molecule has 1 amide bonds. The molecule has 15 heavy (non-hydrogen) atoms. The van der Waals surface area contributed by atoms with Crippen molar-refractivity contribution >= 4 is 11.9 Å². The third-order valence-electron chi connectivity index (χ3n) is 2.77. The molecular formula is C11H19NO3. The van der Waals surface area contributed by atoms with Crippen molar-refractivity contribution in [2.45, 2.75) is 39.0 Å². The summed E-state index contributed by atoms with van der Waals surface area (Å²) in [5, 5.41) is 11.4. The van der Waals surface area contributed by atoms with E-state index in [1.54, 1.807) is 0 Å². The van der Waals surface area contributed by atoms with Gasteiger partial charge in [-0.05, 0) is 12.8 Å². The van der Waals surface area contributed by atoms with E-state index in [1.165, 1.54) is 12.8 Å². The lowest BCUT2D eigenvalue weighted by molar-refractivity contribution is -0.140. The van der Waals surface area contributed by atoms with Crippen LogP contribution in [0.25, 0.3) is 0 Å². The first-order valence-corrected chi connectivity index (χ1v) is 5.67. The summed E-state index contributed by atoms with van der Waals surface area (Å²) < 4.78 is 0. The smallest absolute Gasteiger partial charge is 0.307 e. The highest BCUT2D eigenvalue weighted by Crippen LogP contribution is 2.38. The van der Waals surface area contributed by atoms with Crippen LogP contribution in [0.2, 0.25) is 0 Å². The minimum absolute atomic E-state index is 0.0844. The molecule has 0 bridgehead atoms. The Morgan fingerprint density at radius 3 is 2.53 bits per heavy atom. The first kappa shape index (κ1) is 12.0. The van der Waals surface area contributed by atoms with Crippen LogP contribution in [0.3, 0.4) is 0 Å². The summed E-state index contributed by atoms with van der Waals surface area (Å²) in [6.07, 6.45) is 5.00. The molecule has 1 saturated carbocycles. The molecule has 86 valence electrons. The van der Waals surface area contributed by atoms with Crippen LogP contribution >= 0.6 is 0 Å². The Labute approximate surface area is 90.0 Å². The zero-order chi connectivity index (χ0) is 11.3. The third kappa shape index (κ3) is 3.90. The van der Waals surface area contributed by atoms with Gasteiger partial charge in [0, 0.05) is 6.54 Å². The van der Waals surface area contributed by atoms with Crippen LogP contribution in [-0.4, -0.2) is 23.5 Å². The standard InChI is InChI=1S/C11H19NO3/c1-2-3-4-5-6-12-10(13)8-7-9(8)11(14)15/h8-9H,2-7H2,1H3,(H,12,13)(H,14,15)/t8-,9+/m1/s1. The van der Waals surface area contributed by atoms with Crippen molar-refractivity contribution in [3.8, 4) is 0 Å². The topological polar surface area (TPSA) is 66.4 Å². The molecule has 4 heteroatoms. The van der Waals surface area contributed by atoms with Crippen LogP contribution in [0, 0.1) is 11.8 Å². The number of carboxylic acids is 1. The molecule has 0 aromatic carbocycles. The Kier molecular flexibility index (Phi) is 4.59. The number of carbonyl (C=O) groups excluding carboxylic acids is 1. The Balaban J connectivity index is 2.03. The third-order valence-corrected chi connectivity index (χ3v) is 2.77. The van der Waals surface area contributed by atoms with Gasteiger partial charge in [0.15, 0.2) is 0 Å². The van der Waals surface area contributed by atoms with Crippen molar-refractivity contribution in [2.24, 2.45) is 11.8 Å². The fraction of sp³-hybridized carbons (Fsp3) is 0.818. The normalized spacial score (nSPS) is 23.5. The van der Waals surface area contributed by atoms with Crippen LogP contribution in [0.5, 0.6) is 0 Å². The highest BCUT2D eigenvalue weighted by Gasteiger charge is 2.48. The van der Waals surface area contributed by atoms with E-state index >= 15 is 0 Å². The number of carboxylic acid groups (broad SMARTS) is 1. The first-order valence-electron chi connectivity index (χ1n) is 5.67. The highest BCUT2D eigenvalue weighted by molar-refractivity contribution is 5.89. The van der Waals surface area contributed by atoms with Gasteiger partial charge < -0.3 is 10.4 Å². The predicted octanol–water partition coefficient (Wildman–Crippen LogP) is 1.40. The van der Waals surface area contributed by atoms with Crippen molar-refractivity contribution in [3.63, 3.8) is 0 Å². The Morgan fingerprint density at radius 1 is 1.27 bits per heavy atom. The van der Waals surface area contributed by atoms with Gasteiger partial charge in [-0.15, -0.1) is 0 Å². The summed E-state index contributed by atoms with van der Waals surface area (Å²) >= 11 is 0. The molecule has 0 spiro atoms. The fourth-order valence-corrected chi connectivity index (χ4v) is 1.65. The molecule has 4 nitrogen and oxygen atoms in total. The SMILES string of the molecule is CCCCCCNC(=O)[C@@H]1C[C@@H]1C(=O)O. The second-order valence-electron chi connectivity index (χ2n) is 4.14. The maximum absolute atomic E-state index is 11.4. The molecule has 0 unspecified atom stereocenters. The van der Waals surface area contributed by atoms with E-state index in [0.717, 1.165) is 12.8 Å². The fourth-order valence-electron chi connectivity index (χ4n) is 1.65. The molecule has 2 N–H and O–H groups in total. The van der Waals surface area contributed by atoms with E-state index in [9.17, 15) is 9.59 Å². The molecule has 1 aliphatic carbocycles. The van der Waals surface area contributed by atoms with Gasteiger partial charge in [0.05, 0.1) is 11.8 Å². The van der Waals surface area contributed by atoms with Gasteiger partial charge >= 0.3 is 5.97 Å². The lowest BCUT2D eigenvalue weighted by Gasteiger charge is -2.03. The van der Waals surface area contributed by atoms with Crippen LogP contribution in [0.15, 0.2) is 0 Å². The number of amides is 1. The summed E-state index contributed by atoms with van der Waals surface area (Å²) in [6, 6.07) is 0. The molecular weight excluding hydrogens is 194 g/mol. The number of hydrogen-bond donors (Lipinski definition) is 2. The zero-order valence-corrected chi connectivity index (χ0v) is 9.16. The summed E-state index contributed by atoms with van der Waals surface area (Å²) in [6.45, 7) is 2.82. The number of carbonyl (C=O) groups is 2. The minimum atomic E-state index is -0.846. The van der Waals surface area contributed by atoms with Gasteiger partial charge in [-0.25, -0.2) is 0 Å². The number of hydrogen-bond acceptors (Lipinski definition) is 2. The molecule has 0 aromatic rings. The van der Waals surface area contributed by atoms with E-state index in [1.807, 2.05) is 0 Å². The molecule has 0 saturated heterocycles. The maximum atomic E-state index is 11.4. The highest BCUT2D eigenvalue weighted by atomic mass is 16.4. The Bertz CT molecular complexity index is 240. The van der Waals surface area contributed by atoms with E-state index in [-0.39, 0.29) is 11.8 Å². The van der Waals surface area contributed by atoms with Crippen LogP contribution in [-0.2, 0) is 9.59 Å². The Morgan fingerprint density at radius 2 is 2.00 bits per heavy atom. The van der Waals surface area contributed by atoms with Crippen LogP contribution in [0.4, 0.5) is 0 Å². The van der Waals surface area contributed by atoms with Gasteiger partial charge in [-0.2, -0.15) is 0 Å². The minimum Gasteiger partial charge on any atom is -0.481 e. The van der Waals surface area contributed by atoms with Crippen molar-refractivity contribution in [1.29, 1.82) is 0 Å². The maximum Gasteiger partial charge on any atom is 0.307 e. The number of nitrogens with one attached hydrogen (secondary N) is 1. The Hall–Kier alpha value is -1.06. The van der Waals surface area contributed by atoms with Crippen LogP contribution < -0.4 is 5.32 Å². The summed E-state index contributed by atoms with van der Waals surface area (Å²) in [4.78, 5) is 21.9. The molecule has 2 atom stereocenters. The average Bonchev–Trinajstić information content (AvgIpc) is 2.96. The monoisotopic (exact) mass is 213 g/mol. The van der Waals surface area contributed by atoms with Crippen LogP contribution in [0.1, 0.15) is 39.0 Å². The molecule has 0 aromatic heterocycles. The van der Waals surface area contributed by atoms with E-state index in [4.69, 9.17) is 5.11 Å². The second-order valence-corrected chi connectivity index (χ2v) is 4.14. The quantitative estimate of drug-likeness (QED) is 0.628. The number of rotatable bonds is 7. The predicted molar refractivity (Wildman–Crippen MR) is 56.4 cm³/mol. The lowest BCUT2D eigenvalue weighted by atomic mass is 10.2. The molecule has 0 radical (unpaired) electrons. The van der Waals surface area contributed by atoms with Gasteiger partial charge in [-0.1, -0.05) is 26.2 Å². The molecule has 1 aliphatic rings. The molecule has 0 aliphatic heterocycles. The van der Waals surface area contributed by atoms with Crippen molar-refractivity contribution in [2.75, 3.05) is 6.54 Å². The van der Waals surface area contributed by atoms with Crippen molar-refractivity contribution in [3.05, 3.63) is 0 Å². The van der Waals surface area contributed by atoms with Gasteiger partial charge in [0.1, 0.15) is 0 Å². The van der Waals surface area contributed by atoms with Crippen molar-refractivity contribution < 1.29 is 14.7 Å². The number of aliphatic carboxylic acids is 1.